The summed E-state index contributed by atoms with van der Waals surface area (Å²) in [5.74, 6) is 0.617. The van der Waals surface area contributed by atoms with Gasteiger partial charge in [0.25, 0.3) is 0 Å². The van der Waals surface area contributed by atoms with Crippen molar-refractivity contribution in [3.8, 4) is 0 Å². The third kappa shape index (κ3) is 2.11. The maximum Gasteiger partial charge on any atom is 0.241 e. The second kappa shape index (κ2) is 5.38. The van der Waals surface area contributed by atoms with Crippen LogP contribution in [-0.2, 0) is 4.79 Å². The summed E-state index contributed by atoms with van der Waals surface area (Å²) in [6.45, 7) is 8.60. The van der Waals surface area contributed by atoms with Crippen molar-refractivity contribution in [3.05, 3.63) is 30.1 Å². The van der Waals surface area contributed by atoms with E-state index in [0.29, 0.717) is 11.9 Å². The SMILES string of the molecule is CCCC12C[NH+]3CC(CCC)(C[NH+](C1)C3c1cccnc1)C2=O. The molecular weight excluding hydrogens is 286 g/mol. The van der Waals surface area contributed by atoms with Crippen LogP contribution in [0.2, 0.25) is 0 Å². The Morgan fingerprint density at radius 1 is 1.09 bits per heavy atom. The van der Waals surface area contributed by atoms with E-state index in [4.69, 9.17) is 0 Å². The molecule has 0 amide bonds. The summed E-state index contributed by atoms with van der Waals surface area (Å²) < 4.78 is 0. The minimum atomic E-state index is -0.0518. The Morgan fingerprint density at radius 2 is 1.65 bits per heavy atom. The normalized spacial score (nSPS) is 41.5. The van der Waals surface area contributed by atoms with Gasteiger partial charge in [0.15, 0.2) is 5.78 Å². The Balaban J connectivity index is 1.73. The van der Waals surface area contributed by atoms with Gasteiger partial charge in [-0.1, -0.05) is 26.7 Å². The van der Waals surface area contributed by atoms with Crippen LogP contribution in [0.3, 0.4) is 0 Å². The van der Waals surface area contributed by atoms with Crippen molar-refractivity contribution in [2.24, 2.45) is 10.8 Å². The molecule has 0 aromatic carbocycles. The average molecular weight is 315 g/mol. The van der Waals surface area contributed by atoms with E-state index in [0.717, 1.165) is 51.9 Å². The molecule has 1 aromatic rings. The number of quaternary nitrogens is 2. The fraction of sp³-hybridized carbons (Fsp3) is 0.684. The molecule has 23 heavy (non-hydrogen) atoms. The number of hydrogen-bond acceptors (Lipinski definition) is 2. The van der Waals surface area contributed by atoms with E-state index in [1.807, 2.05) is 12.4 Å². The Bertz CT molecular complexity index is 556. The molecule has 0 saturated carbocycles. The topological polar surface area (TPSA) is 38.8 Å². The molecule has 4 aliphatic rings. The summed E-state index contributed by atoms with van der Waals surface area (Å²) in [4.78, 5) is 21.0. The van der Waals surface area contributed by atoms with Gasteiger partial charge in [-0.15, -0.1) is 0 Å². The highest BCUT2D eigenvalue weighted by Gasteiger charge is 2.70. The molecule has 124 valence electrons. The van der Waals surface area contributed by atoms with Crippen LogP contribution in [-0.4, -0.2) is 36.9 Å². The van der Waals surface area contributed by atoms with Gasteiger partial charge in [0, 0.05) is 12.4 Å². The fourth-order valence-corrected chi connectivity index (χ4v) is 6.12. The third-order valence-corrected chi connectivity index (χ3v) is 6.52. The highest BCUT2D eigenvalue weighted by molar-refractivity contribution is 5.92. The number of carbonyl (C=O) groups is 1. The van der Waals surface area contributed by atoms with Gasteiger partial charge in [0.1, 0.15) is 37.0 Å². The molecule has 2 N–H and O–H groups in total. The Hall–Kier alpha value is -1.26. The number of pyridine rings is 1. The number of Topliss-reactive ketones (excluding diaryl/α,β-unsaturated/α-hetero) is 1. The van der Waals surface area contributed by atoms with Crippen molar-refractivity contribution < 1.29 is 14.6 Å². The number of ketones is 1. The van der Waals surface area contributed by atoms with Gasteiger partial charge in [-0.3, -0.25) is 19.6 Å². The first-order valence-electron chi connectivity index (χ1n) is 9.28. The van der Waals surface area contributed by atoms with Crippen molar-refractivity contribution in [2.45, 2.75) is 45.7 Å². The van der Waals surface area contributed by atoms with E-state index in [1.54, 1.807) is 9.80 Å². The van der Waals surface area contributed by atoms with Crippen LogP contribution in [0.25, 0.3) is 0 Å². The lowest BCUT2D eigenvalue weighted by Crippen LogP contribution is -3.41. The van der Waals surface area contributed by atoms with Crippen LogP contribution >= 0.6 is 0 Å². The molecule has 5 heterocycles. The lowest BCUT2D eigenvalue weighted by Gasteiger charge is -2.60. The molecule has 0 atom stereocenters. The highest BCUT2D eigenvalue weighted by atomic mass is 16.1. The molecule has 0 spiro atoms. The molecule has 4 fully saturated rings. The van der Waals surface area contributed by atoms with Crippen LogP contribution in [0, 0.1) is 10.8 Å². The number of carbonyl (C=O) groups excluding carboxylic acids is 1. The van der Waals surface area contributed by atoms with E-state index in [1.165, 1.54) is 5.56 Å². The predicted molar refractivity (Wildman–Crippen MR) is 88.1 cm³/mol. The minimum Gasteiger partial charge on any atom is -0.297 e. The number of aromatic nitrogens is 1. The molecule has 4 bridgehead atoms. The van der Waals surface area contributed by atoms with Crippen LogP contribution in [0.1, 0.15) is 51.3 Å². The van der Waals surface area contributed by atoms with Gasteiger partial charge in [0.2, 0.25) is 6.17 Å². The zero-order valence-electron chi connectivity index (χ0n) is 14.4. The lowest BCUT2D eigenvalue weighted by atomic mass is 9.57. The summed E-state index contributed by atoms with van der Waals surface area (Å²) in [6, 6.07) is 4.27. The predicted octanol–water partition coefficient (Wildman–Crippen LogP) is 0.0329. The van der Waals surface area contributed by atoms with Crippen LogP contribution < -0.4 is 9.80 Å². The molecule has 4 aliphatic heterocycles. The molecule has 1 aromatic heterocycles. The number of nitrogens with zero attached hydrogens (tertiary/aromatic N) is 1. The maximum absolute atomic E-state index is 13.4. The van der Waals surface area contributed by atoms with E-state index < -0.39 is 0 Å². The van der Waals surface area contributed by atoms with Crippen molar-refractivity contribution in [1.82, 2.24) is 4.98 Å². The first-order chi connectivity index (χ1) is 11.1. The molecule has 5 rings (SSSR count). The third-order valence-electron chi connectivity index (χ3n) is 6.52. The van der Waals surface area contributed by atoms with Crippen LogP contribution in [0.4, 0.5) is 0 Å². The quantitative estimate of drug-likeness (QED) is 0.805. The van der Waals surface area contributed by atoms with Crippen molar-refractivity contribution in [1.29, 1.82) is 0 Å². The molecular formula is C19H29N3O+2. The second-order valence-electron chi connectivity index (χ2n) is 8.13. The summed E-state index contributed by atoms with van der Waals surface area (Å²) in [5.41, 5.74) is 1.25. The fourth-order valence-electron chi connectivity index (χ4n) is 6.12. The largest absolute Gasteiger partial charge is 0.297 e. The second-order valence-corrected chi connectivity index (χ2v) is 8.13. The zero-order chi connectivity index (χ0) is 16.1. The number of hydrogen-bond donors (Lipinski definition) is 2. The van der Waals surface area contributed by atoms with Gasteiger partial charge in [-0.25, -0.2) is 0 Å². The van der Waals surface area contributed by atoms with Gasteiger partial charge in [-0.2, -0.15) is 0 Å². The Morgan fingerprint density at radius 3 is 2.09 bits per heavy atom. The summed E-state index contributed by atoms with van der Waals surface area (Å²) in [7, 11) is 0. The molecule has 0 unspecified atom stereocenters. The smallest absolute Gasteiger partial charge is 0.241 e. The zero-order valence-corrected chi connectivity index (χ0v) is 14.4. The van der Waals surface area contributed by atoms with E-state index in [9.17, 15) is 4.79 Å². The lowest BCUT2D eigenvalue weighted by molar-refractivity contribution is -1.18. The number of piperidine rings is 2. The molecule has 4 saturated heterocycles. The van der Waals surface area contributed by atoms with Gasteiger partial charge >= 0.3 is 0 Å². The van der Waals surface area contributed by atoms with E-state index in [2.05, 4.69) is 31.0 Å². The van der Waals surface area contributed by atoms with Gasteiger partial charge in [-0.05, 0) is 25.0 Å². The summed E-state index contributed by atoms with van der Waals surface area (Å²) >= 11 is 0. The molecule has 4 nitrogen and oxygen atoms in total. The van der Waals surface area contributed by atoms with Crippen LogP contribution in [0.15, 0.2) is 24.5 Å². The first kappa shape index (κ1) is 15.3. The Kier molecular flexibility index (Phi) is 3.58. The summed E-state index contributed by atoms with van der Waals surface area (Å²) in [5, 5.41) is 0. The molecule has 4 heteroatoms. The number of rotatable bonds is 5. The van der Waals surface area contributed by atoms with Crippen molar-refractivity contribution in [2.75, 3.05) is 26.2 Å². The average Bonchev–Trinajstić information content (AvgIpc) is 2.53. The number of nitrogens with one attached hydrogen (secondary N) is 2. The standard InChI is InChI=1S/C19H27N3O/c1-3-7-18-11-21-13-19(8-4-2,17(18)23)14-22(12-18)16(21)15-6-5-9-20-10-15/h5-6,9-10,16H,3-4,7-8,11-14H2,1-2H3/p+2. The van der Waals surface area contributed by atoms with Gasteiger partial charge in [0.05, 0.1) is 5.56 Å². The van der Waals surface area contributed by atoms with Crippen LogP contribution in [0.5, 0.6) is 0 Å². The van der Waals surface area contributed by atoms with E-state index >= 15 is 0 Å². The van der Waals surface area contributed by atoms with Crippen molar-refractivity contribution >= 4 is 5.78 Å². The minimum absolute atomic E-state index is 0.0518. The molecule has 0 radical (unpaired) electrons. The first-order valence-corrected chi connectivity index (χ1v) is 9.28. The Labute approximate surface area is 138 Å². The monoisotopic (exact) mass is 315 g/mol. The van der Waals surface area contributed by atoms with Gasteiger partial charge < -0.3 is 0 Å². The van der Waals surface area contributed by atoms with Crippen molar-refractivity contribution in [3.63, 3.8) is 0 Å². The summed E-state index contributed by atoms with van der Waals surface area (Å²) in [6.07, 6.45) is 8.75. The molecule has 0 aliphatic carbocycles. The maximum atomic E-state index is 13.4. The van der Waals surface area contributed by atoms with E-state index in [-0.39, 0.29) is 10.8 Å². The highest BCUT2D eigenvalue weighted by Crippen LogP contribution is 2.42.